The van der Waals surface area contributed by atoms with Crippen molar-refractivity contribution >= 4 is 33.2 Å². The SMILES string of the molecule is O=C(Cc1ccc(Br)s1)N1CCc2ccccc2C1. The first-order valence-corrected chi connectivity index (χ1v) is 7.92. The van der Waals surface area contributed by atoms with Crippen molar-refractivity contribution in [2.75, 3.05) is 6.54 Å². The molecule has 0 saturated carbocycles. The molecule has 3 rings (SSSR count). The fraction of sp³-hybridized carbons (Fsp3) is 0.267. The van der Waals surface area contributed by atoms with Crippen LogP contribution in [-0.4, -0.2) is 17.4 Å². The summed E-state index contributed by atoms with van der Waals surface area (Å²) in [5.41, 5.74) is 2.67. The Balaban J connectivity index is 1.69. The van der Waals surface area contributed by atoms with Crippen molar-refractivity contribution in [2.24, 2.45) is 0 Å². The zero-order chi connectivity index (χ0) is 13.2. The van der Waals surface area contributed by atoms with E-state index in [9.17, 15) is 4.79 Å². The molecule has 0 bridgehead atoms. The molecule has 0 radical (unpaired) electrons. The van der Waals surface area contributed by atoms with Crippen LogP contribution in [0.15, 0.2) is 40.2 Å². The molecule has 0 aliphatic carbocycles. The third kappa shape index (κ3) is 2.90. The first kappa shape index (κ1) is 12.9. The summed E-state index contributed by atoms with van der Waals surface area (Å²) >= 11 is 5.07. The van der Waals surface area contributed by atoms with Gasteiger partial charge in [-0.15, -0.1) is 11.3 Å². The first-order chi connectivity index (χ1) is 9.22. The number of amides is 1. The number of rotatable bonds is 2. The van der Waals surface area contributed by atoms with Crippen LogP contribution in [0.1, 0.15) is 16.0 Å². The topological polar surface area (TPSA) is 20.3 Å². The fourth-order valence-electron chi connectivity index (χ4n) is 2.42. The van der Waals surface area contributed by atoms with E-state index < -0.39 is 0 Å². The number of hydrogen-bond acceptors (Lipinski definition) is 2. The second-order valence-electron chi connectivity index (χ2n) is 4.72. The molecule has 1 aliphatic heterocycles. The number of carbonyl (C=O) groups is 1. The summed E-state index contributed by atoms with van der Waals surface area (Å²) in [5, 5.41) is 0. The maximum atomic E-state index is 12.3. The highest BCUT2D eigenvalue weighted by Gasteiger charge is 2.20. The van der Waals surface area contributed by atoms with Crippen LogP contribution in [0.5, 0.6) is 0 Å². The molecule has 98 valence electrons. The van der Waals surface area contributed by atoms with Crippen LogP contribution in [0.2, 0.25) is 0 Å². The number of carbonyl (C=O) groups excluding carboxylic acids is 1. The minimum atomic E-state index is 0.226. The summed E-state index contributed by atoms with van der Waals surface area (Å²) in [7, 11) is 0. The van der Waals surface area contributed by atoms with Crippen molar-refractivity contribution in [3.05, 3.63) is 56.2 Å². The predicted octanol–water partition coefficient (Wildman–Crippen LogP) is 3.64. The van der Waals surface area contributed by atoms with Crippen LogP contribution in [-0.2, 0) is 24.2 Å². The molecule has 0 atom stereocenters. The molecule has 2 nitrogen and oxygen atoms in total. The van der Waals surface area contributed by atoms with Gasteiger partial charge in [0.25, 0.3) is 0 Å². The van der Waals surface area contributed by atoms with Gasteiger partial charge in [0.1, 0.15) is 0 Å². The molecule has 1 aromatic heterocycles. The lowest BCUT2D eigenvalue weighted by Gasteiger charge is -2.28. The van der Waals surface area contributed by atoms with Gasteiger partial charge in [0.15, 0.2) is 0 Å². The molecule has 1 amide bonds. The van der Waals surface area contributed by atoms with Crippen molar-refractivity contribution in [3.63, 3.8) is 0 Å². The Morgan fingerprint density at radius 1 is 1.21 bits per heavy atom. The quantitative estimate of drug-likeness (QED) is 0.820. The zero-order valence-electron chi connectivity index (χ0n) is 10.4. The summed E-state index contributed by atoms with van der Waals surface area (Å²) in [5.74, 6) is 0.226. The third-order valence-corrected chi connectivity index (χ3v) is 5.06. The van der Waals surface area contributed by atoms with Crippen LogP contribution in [0.25, 0.3) is 0 Å². The Morgan fingerprint density at radius 3 is 2.74 bits per heavy atom. The molecule has 0 saturated heterocycles. The Morgan fingerprint density at radius 2 is 2.00 bits per heavy atom. The van der Waals surface area contributed by atoms with Gasteiger partial charge in [0.2, 0.25) is 5.91 Å². The minimum Gasteiger partial charge on any atom is -0.338 e. The van der Waals surface area contributed by atoms with Gasteiger partial charge in [0, 0.05) is 18.0 Å². The normalized spacial score (nSPS) is 14.3. The summed E-state index contributed by atoms with van der Waals surface area (Å²) < 4.78 is 1.08. The lowest BCUT2D eigenvalue weighted by molar-refractivity contribution is -0.131. The van der Waals surface area contributed by atoms with Gasteiger partial charge in [-0.1, -0.05) is 24.3 Å². The van der Waals surface area contributed by atoms with E-state index in [0.717, 1.165) is 28.2 Å². The third-order valence-electron chi connectivity index (χ3n) is 3.44. The predicted molar refractivity (Wildman–Crippen MR) is 81.3 cm³/mol. The monoisotopic (exact) mass is 335 g/mol. The van der Waals surface area contributed by atoms with Crippen LogP contribution >= 0.6 is 27.3 Å². The molecule has 2 aromatic rings. The van der Waals surface area contributed by atoms with Crippen molar-refractivity contribution in [1.82, 2.24) is 4.90 Å². The van der Waals surface area contributed by atoms with Gasteiger partial charge in [-0.25, -0.2) is 0 Å². The molecule has 19 heavy (non-hydrogen) atoms. The molecule has 0 N–H and O–H groups in total. The van der Waals surface area contributed by atoms with Crippen molar-refractivity contribution in [2.45, 2.75) is 19.4 Å². The number of thiophene rings is 1. The highest BCUT2D eigenvalue weighted by molar-refractivity contribution is 9.11. The Labute approximate surface area is 125 Å². The average molecular weight is 336 g/mol. The van der Waals surface area contributed by atoms with E-state index in [1.807, 2.05) is 23.1 Å². The van der Waals surface area contributed by atoms with Gasteiger partial charge in [-0.2, -0.15) is 0 Å². The minimum absolute atomic E-state index is 0.226. The van der Waals surface area contributed by atoms with Crippen LogP contribution in [0.4, 0.5) is 0 Å². The Kier molecular flexibility index (Phi) is 3.71. The van der Waals surface area contributed by atoms with Crippen molar-refractivity contribution in [3.8, 4) is 0 Å². The van der Waals surface area contributed by atoms with Crippen molar-refractivity contribution < 1.29 is 4.79 Å². The highest BCUT2D eigenvalue weighted by Crippen LogP contribution is 2.24. The molecule has 1 aliphatic rings. The number of hydrogen-bond donors (Lipinski definition) is 0. The Bertz CT molecular complexity index is 608. The first-order valence-electron chi connectivity index (χ1n) is 6.31. The summed E-state index contributed by atoms with van der Waals surface area (Å²) in [4.78, 5) is 15.4. The second-order valence-corrected chi connectivity index (χ2v) is 7.26. The molecule has 4 heteroatoms. The van der Waals surface area contributed by atoms with E-state index in [2.05, 4.69) is 34.1 Å². The number of fused-ring (bicyclic) bond motifs is 1. The molecule has 2 heterocycles. The standard InChI is InChI=1S/C15H14BrNOS/c16-14-6-5-13(19-14)9-15(18)17-8-7-11-3-1-2-4-12(11)10-17/h1-6H,7-10H2. The van der Waals surface area contributed by atoms with Crippen LogP contribution in [0.3, 0.4) is 0 Å². The molecular formula is C15H14BrNOS. The van der Waals surface area contributed by atoms with Gasteiger partial charge in [-0.05, 0) is 45.6 Å². The lowest BCUT2D eigenvalue weighted by Crippen LogP contribution is -2.36. The molecule has 0 spiro atoms. The molecule has 1 aromatic carbocycles. The molecule has 0 unspecified atom stereocenters. The van der Waals surface area contributed by atoms with E-state index in [-0.39, 0.29) is 5.91 Å². The summed E-state index contributed by atoms with van der Waals surface area (Å²) in [6.45, 7) is 1.59. The smallest absolute Gasteiger partial charge is 0.228 e. The average Bonchev–Trinajstić information content (AvgIpc) is 2.83. The second kappa shape index (κ2) is 5.47. The summed E-state index contributed by atoms with van der Waals surface area (Å²) in [6, 6.07) is 12.4. The van der Waals surface area contributed by atoms with Gasteiger partial charge >= 0.3 is 0 Å². The van der Waals surface area contributed by atoms with E-state index in [1.165, 1.54) is 11.1 Å². The van der Waals surface area contributed by atoms with Gasteiger partial charge < -0.3 is 4.90 Å². The maximum absolute atomic E-state index is 12.3. The largest absolute Gasteiger partial charge is 0.338 e. The van der Waals surface area contributed by atoms with Crippen LogP contribution < -0.4 is 0 Å². The van der Waals surface area contributed by atoms with Gasteiger partial charge in [-0.3, -0.25) is 4.79 Å². The van der Waals surface area contributed by atoms with Crippen LogP contribution in [0, 0.1) is 0 Å². The summed E-state index contributed by atoms with van der Waals surface area (Å²) in [6.07, 6.45) is 1.48. The van der Waals surface area contributed by atoms with E-state index in [4.69, 9.17) is 0 Å². The lowest BCUT2D eigenvalue weighted by atomic mass is 10.00. The van der Waals surface area contributed by atoms with Crippen molar-refractivity contribution in [1.29, 1.82) is 0 Å². The van der Waals surface area contributed by atoms with Gasteiger partial charge in [0.05, 0.1) is 10.2 Å². The number of benzene rings is 1. The Hall–Kier alpha value is -1.13. The van der Waals surface area contributed by atoms with E-state index >= 15 is 0 Å². The van der Waals surface area contributed by atoms with E-state index in [1.54, 1.807) is 11.3 Å². The number of nitrogens with zero attached hydrogens (tertiary/aromatic N) is 1. The molecule has 0 fully saturated rings. The zero-order valence-corrected chi connectivity index (χ0v) is 12.8. The highest BCUT2D eigenvalue weighted by atomic mass is 79.9. The number of halogens is 1. The van der Waals surface area contributed by atoms with E-state index in [0.29, 0.717) is 6.42 Å². The maximum Gasteiger partial charge on any atom is 0.228 e. The fourth-order valence-corrected chi connectivity index (χ4v) is 3.89. The molecular weight excluding hydrogens is 322 g/mol.